The van der Waals surface area contributed by atoms with Gasteiger partial charge in [0.05, 0.1) is 12.8 Å². The number of para-hydroxylation sites is 1. The maximum atomic E-state index is 12.6. The zero-order chi connectivity index (χ0) is 18.0. The third-order valence-corrected chi connectivity index (χ3v) is 4.66. The van der Waals surface area contributed by atoms with Crippen LogP contribution in [0.15, 0.2) is 24.3 Å². The summed E-state index contributed by atoms with van der Waals surface area (Å²) >= 11 is 0. The van der Waals surface area contributed by atoms with E-state index in [9.17, 15) is 9.59 Å². The second-order valence-electron chi connectivity index (χ2n) is 6.17. The van der Waals surface area contributed by atoms with Crippen molar-refractivity contribution < 1.29 is 14.3 Å². The molecule has 7 nitrogen and oxygen atoms in total. The smallest absolute Gasteiger partial charge is 0.248 e. The van der Waals surface area contributed by atoms with Crippen LogP contribution in [0.2, 0.25) is 0 Å². The van der Waals surface area contributed by atoms with Gasteiger partial charge in [0.2, 0.25) is 11.8 Å². The average Bonchev–Trinajstić information content (AvgIpc) is 2.97. The number of ether oxygens (including phenoxy) is 1. The fourth-order valence-electron chi connectivity index (χ4n) is 3.13. The van der Waals surface area contributed by atoms with Crippen molar-refractivity contribution in [3.8, 4) is 17.0 Å². The minimum Gasteiger partial charge on any atom is -0.496 e. The van der Waals surface area contributed by atoms with E-state index < -0.39 is 6.04 Å². The maximum absolute atomic E-state index is 12.6. The van der Waals surface area contributed by atoms with Crippen LogP contribution in [-0.4, -0.2) is 47.1 Å². The van der Waals surface area contributed by atoms with E-state index in [4.69, 9.17) is 4.74 Å². The summed E-state index contributed by atoms with van der Waals surface area (Å²) in [6, 6.07) is 7.16. The van der Waals surface area contributed by atoms with Gasteiger partial charge < -0.3 is 15.0 Å². The summed E-state index contributed by atoms with van der Waals surface area (Å²) < 4.78 is 5.39. The monoisotopic (exact) mass is 342 g/mol. The minimum absolute atomic E-state index is 0.000129. The fraction of sp³-hybridized carbons (Fsp3) is 0.389. The topological polar surface area (TPSA) is 87.3 Å². The summed E-state index contributed by atoms with van der Waals surface area (Å²) in [5, 5.41) is 10.0. The molecule has 0 radical (unpaired) electrons. The van der Waals surface area contributed by atoms with Crippen molar-refractivity contribution in [3.63, 3.8) is 0 Å². The maximum Gasteiger partial charge on any atom is 0.248 e. The molecule has 0 saturated carbocycles. The third-order valence-electron chi connectivity index (χ3n) is 4.66. The van der Waals surface area contributed by atoms with Gasteiger partial charge >= 0.3 is 0 Å². The predicted octanol–water partition coefficient (Wildman–Crippen LogP) is 2.34. The number of H-pyrrole nitrogens is 1. The first-order chi connectivity index (χ1) is 12.0. The lowest BCUT2D eigenvalue weighted by molar-refractivity contribution is -0.140. The van der Waals surface area contributed by atoms with Gasteiger partial charge in [-0.2, -0.15) is 5.10 Å². The van der Waals surface area contributed by atoms with Crippen molar-refractivity contribution in [1.82, 2.24) is 15.1 Å². The van der Waals surface area contributed by atoms with Crippen molar-refractivity contribution in [1.29, 1.82) is 0 Å². The molecule has 0 aliphatic carbocycles. The number of aromatic amines is 1. The van der Waals surface area contributed by atoms with Crippen LogP contribution in [0.3, 0.4) is 0 Å². The quantitative estimate of drug-likeness (QED) is 0.893. The number of nitrogens with one attached hydrogen (secondary N) is 2. The Morgan fingerprint density at radius 3 is 2.92 bits per heavy atom. The summed E-state index contributed by atoms with van der Waals surface area (Å²) in [7, 11) is 3.28. The number of methoxy groups -OCH3 is 1. The molecule has 0 spiro atoms. The Balaban J connectivity index is 1.82. The van der Waals surface area contributed by atoms with Crippen LogP contribution in [0, 0.1) is 6.92 Å². The Morgan fingerprint density at radius 2 is 2.16 bits per heavy atom. The van der Waals surface area contributed by atoms with Crippen LogP contribution in [-0.2, 0) is 9.59 Å². The normalized spacial score (nSPS) is 17.5. The highest BCUT2D eigenvalue weighted by Gasteiger charge is 2.31. The molecular weight excluding hydrogens is 320 g/mol. The molecule has 2 aromatic rings. The van der Waals surface area contributed by atoms with E-state index in [1.165, 1.54) is 4.90 Å². The molecule has 1 aromatic heterocycles. The first-order valence-corrected chi connectivity index (χ1v) is 8.27. The number of amides is 2. The molecule has 0 bridgehead atoms. The number of anilines is 1. The molecule has 2 amide bonds. The number of hydrogen-bond acceptors (Lipinski definition) is 4. The Labute approximate surface area is 146 Å². The lowest BCUT2D eigenvalue weighted by atomic mass is 10.0. The Bertz CT molecular complexity index is 799. The molecule has 3 rings (SSSR count). The number of nitrogens with zero attached hydrogens (tertiary/aromatic N) is 2. The van der Waals surface area contributed by atoms with Gasteiger partial charge in [-0.1, -0.05) is 12.1 Å². The van der Waals surface area contributed by atoms with Gasteiger partial charge in [0, 0.05) is 24.6 Å². The first kappa shape index (κ1) is 17.0. The minimum atomic E-state index is -0.452. The molecule has 2 N–H and O–H groups in total. The Morgan fingerprint density at radius 1 is 1.40 bits per heavy atom. The fourth-order valence-corrected chi connectivity index (χ4v) is 3.13. The van der Waals surface area contributed by atoms with Crippen LogP contribution >= 0.6 is 0 Å². The van der Waals surface area contributed by atoms with Crippen molar-refractivity contribution >= 4 is 17.6 Å². The van der Waals surface area contributed by atoms with Crippen molar-refractivity contribution in [2.45, 2.75) is 32.2 Å². The lowest BCUT2D eigenvalue weighted by Crippen LogP contribution is -2.47. The number of likely N-dealkylation sites (tertiary alicyclic amines) is 1. The molecule has 1 unspecified atom stereocenters. The molecule has 1 aliphatic rings. The Hall–Kier alpha value is -2.83. The van der Waals surface area contributed by atoms with E-state index in [0.717, 1.165) is 29.0 Å². The summed E-state index contributed by atoms with van der Waals surface area (Å²) in [5.41, 5.74) is 2.49. The second kappa shape index (κ2) is 6.96. The molecule has 7 heteroatoms. The number of benzene rings is 1. The highest BCUT2D eigenvalue weighted by molar-refractivity contribution is 5.98. The average molecular weight is 342 g/mol. The van der Waals surface area contributed by atoms with Crippen LogP contribution in [0.5, 0.6) is 5.75 Å². The molecule has 25 heavy (non-hydrogen) atoms. The van der Waals surface area contributed by atoms with Crippen LogP contribution in [0.25, 0.3) is 11.3 Å². The van der Waals surface area contributed by atoms with Gasteiger partial charge in [-0.15, -0.1) is 0 Å². The molecule has 1 aliphatic heterocycles. The summed E-state index contributed by atoms with van der Waals surface area (Å²) in [5.74, 6) is 0.985. The molecule has 1 aromatic carbocycles. The van der Waals surface area contributed by atoms with E-state index in [1.54, 1.807) is 14.2 Å². The predicted molar refractivity (Wildman–Crippen MR) is 94.4 cm³/mol. The van der Waals surface area contributed by atoms with E-state index in [0.29, 0.717) is 18.7 Å². The van der Waals surface area contributed by atoms with Gasteiger partial charge in [0.15, 0.2) is 5.82 Å². The number of likely N-dealkylation sites (N-methyl/N-ethyl adjacent to an activating group) is 1. The Kier molecular flexibility index (Phi) is 4.74. The molecule has 1 fully saturated rings. The van der Waals surface area contributed by atoms with Gasteiger partial charge in [0.25, 0.3) is 0 Å². The highest BCUT2D eigenvalue weighted by Crippen LogP contribution is 2.33. The summed E-state index contributed by atoms with van der Waals surface area (Å²) in [6.07, 6.45) is 1.89. The second-order valence-corrected chi connectivity index (χ2v) is 6.17. The number of carbonyl (C=O) groups excluding carboxylic acids is 2. The lowest BCUT2D eigenvalue weighted by Gasteiger charge is -2.31. The SMILES string of the molecule is COc1ccccc1-c1[nH]nc(NC(=O)C2CCCC(=O)N2C)c1C. The van der Waals surface area contributed by atoms with E-state index >= 15 is 0 Å². The number of rotatable bonds is 4. The molecule has 132 valence electrons. The van der Waals surface area contributed by atoms with Crippen molar-refractivity contribution in [3.05, 3.63) is 29.8 Å². The zero-order valence-corrected chi connectivity index (χ0v) is 14.6. The van der Waals surface area contributed by atoms with E-state index in [1.807, 2.05) is 31.2 Å². The van der Waals surface area contributed by atoms with Crippen molar-refractivity contribution in [2.75, 3.05) is 19.5 Å². The molecular formula is C18H22N4O3. The standard InChI is InChI=1S/C18H22N4O3/c1-11-16(12-7-4-5-9-14(12)25-3)20-21-17(11)19-18(24)13-8-6-10-15(23)22(13)2/h4-5,7,9,13H,6,8,10H2,1-3H3,(H2,19,20,21,24). The highest BCUT2D eigenvalue weighted by atomic mass is 16.5. The molecule has 2 heterocycles. The number of piperidine rings is 1. The van der Waals surface area contributed by atoms with Crippen LogP contribution in [0.4, 0.5) is 5.82 Å². The zero-order valence-electron chi connectivity index (χ0n) is 14.6. The molecule has 1 saturated heterocycles. The number of hydrogen-bond donors (Lipinski definition) is 2. The van der Waals surface area contributed by atoms with E-state index in [-0.39, 0.29) is 11.8 Å². The third kappa shape index (κ3) is 3.22. The van der Waals surface area contributed by atoms with Crippen LogP contribution in [0.1, 0.15) is 24.8 Å². The largest absolute Gasteiger partial charge is 0.496 e. The van der Waals surface area contributed by atoms with E-state index in [2.05, 4.69) is 15.5 Å². The summed E-state index contributed by atoms with van der Waals surface area (Å²) in [6.45, 7) is 1.89. The summed E-state index contributed by atoms with van der Waals surface area (Å²) in [4.78, 5) is 25.9. The van der Waals surface area contributed by atoms with Gasteiger partial charge in [-0.05, 0) is 31.9 Å². The van der Waals surface area contributed by atoms with Crippen molar-refractivity contribution in [2.24, 2.45) is 0 Å². The van der Waals surface area contributed by atoms with Gasteiger partial charge in [0.1, 0.15) is 11.8 Å². The number of aromatic nitrogens is 2. The van der Waals surface area contributed by atoms with Crippen LogP contribution < -0.4 is 10.1 Å². The first-order valence-electron chi connectivity index (χ1n) is 8.27. The van der Waals surface area contributed by atoms with Gasteiger partial charge in [-0.25, -0.2) is 0 Å². The molecule has 1 atom stereocenters. The van der Waals surface area contributed by atoms with Gasteiger partial charge in [-0.3, -0.25) is 14.7 Å². The number of carbonyl (C=O) groups is 2.